The number of hydrogen-bond acceptors (Lipinski definition) is 2. The van der Waals surface area contributed by atoms with Crippen molar-refractivity contribution in [1.29, 1.82) is 0 Å². The normalized spacial score (nSPS) is 11.3. The fraction of sp³-hybridized carbons (Fsp3) is 0.222. The minimum Gasteiger partial charge on any atom is -1.00 e. The third-order valence-electron chi connectivity index (χ3n) is 1.67. The fourth-order valence-corrected chi connectivity index (χ4v) is 1.32. The maximum absolute atomic E-state index is 10.6. The summed E-state index contributed by atoms with van der Waals surface area (Å²) in [6.45, 7) is 1.88. The van der Waals surface area contributed by atoms with Gasteiger partial charge in [0.15, 0.2) is 11.1 Å². The Balaban J connectivity index is 0. The van der Waals surface area contributed by atoms with E-state index in [0.29, 0.717) is 11.4 Å². The van der Waals surface area contributed by atoms with E-state index in [0.717, 1.165) is 5.56 Å². The number of carbonyl (C=O) groups excluding carboxylic acids is 1. The molecule has 15 heavy (non-hydrogen) atoms. The molecule has 0 aliphatic carbocycles. The van der Waals surface area contributed by atoms with Crippen molar-refractivity contribution in [3.63, 3.8) is 0 Å². The van der Waals surface area contributed by atoms with Crippen LogP contribution in [0.15, 0.2) is 29.2 Å². The van der Waals surface area contributed by atoms with E-state index in [1.807, 2.05) is 0 Å². The molecule has 4 nitrogen and oxygen atoms in total. The molecule has 0 heterocycles. The zero-order valence-electron chi connectivity index (χ0n) is 9.69. The molecule has 2 N–H and O–H groups in total. The van der Waals surface area contributed by atoms with Gasteiger partial charge in [-0.1, -0.05) is 12.1 Å². The average molecular weight is 237 g/mol. The second-order valence-electron chi connectivity index (χ2n) is 2.80. The summed E-state index contributed by atoms with van der Waals surface area (Å²) in [4.78, 5) is 11.0. The van der Waals surface area contributed by atoms with E-state index in [2.05, 4.69) is 5.32 Å². The Labute approximate surface area is 115 Å². The van der Waals surface area contributed by atoms with Gasteiger partial charge in [0.1, 0.15) is 0 Å². The van der Waals surface area contributed by atoms with Crippen molar-refractivity contribution in [3.8, 4) is 0 Å². The summed E-state index contributed by atoms with van der Waals surface area (Å²) < 4.78 is 19.4. The van der Waals surface area contributed by atoms with Crippen molar-refractivity contribution in [3.05, 3.63) is 29.8 Å². The van der Waals surface area contributed by atoms with Gasteiger partial charge < -0.3 is 11.3 Å². The predicted molar refractivity (Wildman–Crippen MR) is 54.1 cm³/mol. The molecule has 0 saturated carbocycles. The largest absolute Gasteiger partial charge is 1.00 e. The maximum atomic E-state index is 10.6. The summed E-state index contributed by atoms with van der Waals surface area (Å²) >= 11 is -1.94. The van der Waals surface area contributed by atoms with Crippen LogP contribution >= 0.6 is 0 Å². The molecule has 0 bridgehead atoms. The van der Waals surface area contributed by atoms with Crippen LogP contribution in [0.4, 0.5) is 0 Å². The smallest absolute Gasteiger partial charge is 1.00 e. The number of rotatable bonds is 3. The second-order valence-corrected chi connectivity index (χ2v) is 3.77. The SMILES string of the molecule is CC(=O)NCc1ccc(S(=O)O)cc1.[H-].[Na+]. The van der Waals surface area contributed by atoms with Crippen LogP contribution in [-0.4, -0.2) is 14.7 Å². The van der Waals surface area contributed by atoms with E-state index < -0.39 is 11.1 Å². The van der Waals surface area contributed by atoms with Crippen LogP contribution in [0.25, 0.3) is 0 Å². The van der Waals surface area contributed by atoms with Crippen molar-refractivity contribution < 1.29 is 44.5 Å². The van der Waals surface area contributed by atoms with Gasteiger partial charge in [0, 0.05) is 13.5 Å². The first-order valence-corrected chi connectivity index (χ1v) is 5.14. The molecule has 1 atom stereocenters. The van der Waals surface area contributed by atoms with Crippen molar-refractivity contribution in [2.75, 3.05) is 0 Å². The molecular weight excluding hydrogens is 225 g/mol. The Morgan fingerprint density at radius 3 is 2.40 bits per heavy atom. The van der Waals surface area contributed by atoms with E-state index >= 15 is 0 Å². The average Bonchev–Trinajstić information content (AvgIpc) is 2.15. The first kappa shape index (κ1) is 14.8. The molecule has 1 rings (SSSR count). The molecule has 1 aromatic rings. The summed E-state index contributed by atoms with van der Waals surface area (Å²) in [6.07, 6.45) is 0. The van der Waals surface area contributed by atoms with Crippen LogP contribution in [0.5, 0.6) is 0 Å². The number of hydrogen-bond donors (Lipinski definition) is 2. The zero-order chi connectivity index (χ0) is 10.6. The Morgan fingerprint density at radius 2 is 2.00 bits per heavy atom. The van der Waals surface area contributed by atoms with E-state index in [4.69, 9.17) is 4.55 Å². The van der Waals surface area contributed by atoms with Crippen molar-refractivity contribution in [1.82, 2.24) is 5.32 Å². The zero-order valence-corrected chi connectivity index (χ0v) is 11.5. The van der Waals surface area contributed by atoms with E-state index in [1.54, 1.807) is 24.3 Å². The predicted octanol–water partition coefficient (Wildman–Crippen LogP) is -1.98. The summed E-state index contributed by atoms with van der Waals surface area (Å²) in [5.41, 5.74) is 0.898. The Hall–Kier alpha value is -0.200. The van der Waals surface area contributed by atoms with Crippen LogP contribution in [-0.2, 0) is 22.4 Å². The first-order valence-electron chi connectivity index (χ1n) is 4.04. The maximum Gasteiger partial charge on any atom is 1.00 e. The first-order chi connectivity index (χ1) is 6.59. The van der Waals surface area contributed by atoms with Crippen LogP contribution in [0.2, 0.25) is 0 Å². The number of carbonyl (C=O) groups is 1. The molecule has 78 valence electrons. The summed E-state index contributed by atoms with van der Waals surface area (Å²) in [6, 6.07) is 6.54. The molecule has 0 spiro atoms. The number of nitrogens with one attached hydrogen (secondary N) is 1. The quantitative estimate of drug-likeness (QED) is 0.473. The van der Waals surface area contributed by atoms with Gasteiger partial charge in [-0.2, -0.15) is 0 Å². The van der Waals surface area contributed by atoms with E-state index in [9.17, 15) is 9.00 Å². The van der Waals surface area contributed by atoms with Gasteiger partial charge in [0.05, 0.1) is 4.90 Å². The van der Waals surface area contributed by atoms with Crippen LogP contribution < -0.4 is 34.9 Å². The molecule has 1 aromatic carbocycles. The van der Waals surface area contributed by atoms with Crippen LogP contribution in [0.3, 0.4) is 0 Å². The standard InChI is InChI=1S/C9H11NO3S.Na.H/c1-7(11)10-6-8-2-4-9(5-3-8)14(12)13;;/h2-5H,6H2,1H3,(H,10,11)(H,12,13);;/q;+1;-1. The van der Waals surface area contributed by atoms with E-state index in [1.165, 1.54) is 6.92 Å². The van der Waals surface area contributed by atoms with Crippen molar-refractivity contribution in [2.45, 2.75) is 18.4 Å². The second kappa shape index (κ2) is 7.14. The summed E-state index contributed by atoms with van der Waals surface area (Å²) in [5.74, 6) is -0.0974. The third-order valence-corrected chi connectivity index (χ3v) is 2.34. The van der Waals surface area contributed by atoms with Gasteiger partial charge in [0.25, 0.3) is 0 Å². The molecule has 0 aliphatic rings. The minimum atomic E-state index is -1.94. The number of amides is 1. The molecule has 0 fully saturated rings. The Morgan fingerprint density at radius 1 is 1.47 bits per heavy atom. The van der Waals surface area contributed by atoms with Crippen LogP contribution in [0, 0.1) is 0 Å². The molecule has 0 aromatic heterocycles. The molecule has 6 heteroatoms. The third kappa shape index (κ3) is 5.44. The molecule has 1 unspecified atom stereocenters. The Bertz CT molecular complexity index is 358. The van der Waals surface area contributed by atoms with Gasteiger partial charge in [0.2, 0.25) is 5.91 Å². The molecule has 1 amide bonds. The fourth-order valence-electron chi connectivity index (χ4n) is 0.950. The van der Waals surface area contributed by atoms with Crippen LogP contribution in [0.1, 0.15) is 13.9 Å². The van der Waals surface area contributed by atoms with E-state index in [-0.39, 0.29) is 36.9 Å². The summed E-state index contributed by atoms with van der Waals surface area (Å²) in [5, 5.41) is 2.63. The summed E-state index contributed by atoms with van der Waals surface area (Å²) in [7, 11) is 0. The topological polar surface area (TPSA) is 66.4 Å². The number of benzene rings is 1. The van der Waals surface area contributed by atoms with Gasteiger partial charge in [-0.05, 0) is 17.7 Å². The van der Waals surface area contributed by atoms with Gasteiger partial charge in [-0.3, -0.25) is 4.79 Å². The molecular formula is C9H12NNaO3S. The molecule has 0 radical (unpaired) electrons. The monoisotopic (exact) mass is 237 g/mol. The van der Waals surface area contributed by atoms with Gasteiger partial charge in [-0.15, -0.1) is 0 Å². The van der Waals surface area contributed by atoms with Crippen molar-refractivity contribution in [2.24, 2.45) is 0 Å². The molecule has 0 saturated heterocycles. The Kier molecular flexibility index (Phi) is 7.04. The molecule has 0 aliphatic heterocycles. The van der Waals surface area contributed by atoms with Gasteiger partial charge >= 0.3 is 29.6 Å². The minimum absolute atomic E-state index is 0. The van der Waals surface area contributed by atoms with Crippen molar-refractivity contribution >= 4 is 17.0 Å². The van der Waals surface area contributed by atoms with Gasteiger partial charge in [-0.25, -0.2) is 4.21 Å².